The molecule has 0 spiro atoms. The van der Waals surface area contributed by atoms with Crippen LogP contribution in [0.25, 0.3) is 0 Å². The van der Waals surface area contributed by atoms with Crippen molar-refractivity contribution in [1.82, 2.24) is 4.31 Å². The zero-order chi connectivity index (χ0) is 14.9. The SMILES string of the molecule is COC(=O)C1CCN(S(=O)(=O)c2ccc(C)cc2Br)C1. The van der Waals surface area contributed by atoms with Gasteiger partial charge in [0.05, 0.1) is 17.9 Å². The number of nitrogens with zero attached hydrogens (tertiary/aromatic N) is 1. The summed E-state index contributed by atoms with van der Waals surface area (Å²) >= 11 is 3.29. The molecule has 5 nitrogen and oxygen atoms in total. The van der Waals surface area contributed by atoms with Gasteiger partial charge in [-0.05, 0) is 47.0 Å². The van der Waals surface area contributed by atoms with Gasteiger partial charge in [-0.1, -0.05) is 6.07 Å². The first-order valence-electron chi connectivity index (χ1n) is 6.20. The highest BCUT2D eigenvalue weighted by atomic mass is 79.9. The average Bonchev–Trinajstić information content (AvgIpc) is 2.87. The van der Waals surface area contributed by atoms with Crippen LogP contribution in [-0.4, -0.2) is 38.9 Å². The van der Waals surface area contributed by atoms with Crippen LogP contribution < -0.4 is 0 Å². The first kappa shape index (κ1) is 15.5. The molecule has 1 saturated heterocycles. The van der Waals surface area contributed by atoms with Gasteiger partial charge in [-0.3, -0.25) is 4.79 Å². The molecule has 1 aromatic rings. The van der Waals surface area contributed by atoms with Gasteiger partial charge in [0, 0.05) is 17.6 Å². The minimum absolute atomic E-state index is 0.176. The van der Waals surface area contributed by atoms with Gasteiger partial charge in [-0.15, -0.1) is 0 Å². The topological polar surface area (TPSA) is 63.7 Å². The summed E-state index contributed by atoms with van der Waals surface area (Å²) in [5, 5.41) is 0. The Morgan fingerprint density at radius 1 is 1.45 bits per heavy atom. The van der Waals surface area contributed by atoms with Crippen LogP contribution in [0.15, 0.2) is 27.6 Å². The van der Waals surface area contributed by atoms with Crippen molar-refractivity contribution in [3.8, 4) is 0 Å². The van der Waals surface area contributed by atoms with Gasteiger partial charge in [-0.2, -0.15) is 4.31 Å². The predicted octanol–water partition coefficient (Wildman–Crippen LogP) is 1.94. The van der Waals surface area contributed by atoms with Crippen LogP contribution in [0.2, 0.25) is 0 Å². The second-order valence-electron chi connectivity index (χ2n) is 4.81. The lowest BCUT2D eigenvalue weighted by molar-refractivity contribution is -0.144. The molecule has 1 unspecified atom stereocenters. The third-order valence-corrected chi connectivity index (χ3v) is 6.23. The van der Waals surface area contributed by atoms with Crippen LogP contribution in [0.3, 0.4) is 0 Å². The minimum atomic E-state index is -3.58. The number of methoxy groups -OCH3 is 1. The second kappa shape index (κ2) is 5.83. The van der Waals surface area contributed by atoms with E-state index in [2.05, 4.69) is 20.7 Å². The van der Waals surface area contributed by atoms with E-state index in [9.17, 15) is 13.2 Å². The maximum Gasteiger partial charge on any atom is 0.310 e. The van der Waals surface area contributed by atoms with E-state index in [-0.39, 0.29) is 23.3 Å². The first-order chi connectivity index (χ1) is 9.36. The van der Waals surface area contributed by atoms with E-state index in [1.165, 1.54) is 11.4 Å². The van der Waals surface area contributed by atoms with Crippen LogP contribution in [-0.2, 0) is 19.6 Å². The Balaban J connectivity index is 2.26. The second-order valence-corrected chi connectivity index (χ2v) is 7.57. The van der Waals surface area contributed by atoms with E-state index in [0.717, 1.165) is 5.56 Å². The van der Waals surface area contributed by atoms with Crippen molar-refractivity contribution in [2.45, 2.75) is 18.2 Å². The maximum absolute atomic E-state index is 12.6. The summed E-state index contributed by atoms with van der Waals surface area (Å²) in [5.41, 5.74) is 0.977. The van der Waals surface area contributed by atoms with Crippen molar-refractivity contribution in [2.24, 2.45) is 5.92 Å². The first-order valence-corrected chi connectivity index (χ1v) is 8.43. The number of hydrogen-bond donors (Lipinski definition) is 0. The van der Waals surface area contributed by atoms with Crippen LogP contribution in [0, 0.1) is 12.8 Å². The number of carbonyl (C=O) groups is 1. The molecule has 0 amide bonds. The summed E-state index contributed by atoms with van der Waals surface area (Å²) in [6, 6.07) is 5.10. The standard InChI is InChI=1S/C13H16BrNO4S/c1-9-3-4-12(11(14)7-9)20(17,18)15-6-5-10(8-15)13(16)19-2/h3-4,7,10H,5-6,8H2,1-2H3. The summed E-state index contributed by atoms with van der Waals surface area (Å²) in [4.78, 5) is 11.7. The molecule has 0 aromatic heterocycles. The van der Waals surface area contributed by atoms with Crippen molar-refractivity contribution >= 4 is 31.9 Å². The zero-order valence-electron chi connectivity index (χ0n) is 11.3. The van der Waals surface area contributed by atoms with E-state index in [4.69, 9.17) is 0 Å². The fourth-order valence-electron chi connectivity index (χ4n) is 2.26. The van der Waals surface area contributed by atoms with Crippen molar-refractivity contribution in [1.29, 1.82) is 0 Å². The number of hydrogen-bond acceptors (Lipinski definition) is 4. The average molecular weight is 362 g/mol. The highest BCUT2D eigenvalue weighted by Gasteiger charge is 2.37. The molecule has 2 rings (SSSR count). The Morgan fingerprint density at radius 3 is 2.75 bits per heavy atom. The molecule has 0 aliphatic carbocycles. The van der Waals surface area contributed by atoms with Crippen molar-refractivity contribution in [3.05, 3.63) is 28.2 Å². The number of ether oxygens (including phenoxy) is 1. The fraction of sp³-hybridized carbons (Fsp3) is 0.462. The number of sulfonamides is 1. The lowest BCUT2D eigenvalue weighted by Gasteiger charge is -2.17. The molecule has 7 heteroatoms. The number of benzene rings is 1. The Bertz CT molecular complexity index is 629. The fourth-order valence-corrected chi connectivity index (χ4v) is 4.91. The summed E-state index contributed by atoms with van der Waals surface area (Å²) < 4.78 is 31.7. The molecular formula is C13H16BrNO4S. The lowest BCUT2D eigenvalue weighted by Crippen LogP contribution is -2.30. The lowest BCUT2D eigenvalue weighted by atomic mass is 10.1. The van der Waals surface area contributed by atoms with E-state index in [1.54, 1.807) is 18.2 Å². The normalized spacial score (nSPS) is 20.1. The zero-order valence-corrected chi connectivity index (χ0v) is 13.7. The van der Waals surface area contributed by atoms with Gasteiger partial charge < -0.3 is 4.74 Å². The largest absolute Gasteiger partial charge is 0.469 e. The van der Waals surface area contributed by atoms with Crippen molar-refractivity contribution in [3.63, 3.8) is 0 Å². The Labute approximate surface area is 127 Å². The summed E-state index contributed by atoms with van der Waals surface area (Å²) in [6.45, 7) is 2.40. The van der Waals surface area contributed by atoms with Crippen LogP contribution in [0.5, 0.6) is 0 Å². The number of aryl methyl sites for hydroxylation is 1. The Kier molecular flexibility index (Phi) is 4.51. The van der Waals surface area contributed by atoms with Crippen LogP contribution >= 0.6 is 15.9 Å². The van der Waals surface area contributed by atoms with Gasteiger partial charge in [0.15, 0.2) is 0 Å². The van der Waals surface area contributed by atoms with Crippen molar-refractivity contribution in [2.75, 3.05) is 20.2 Å². The van der Waals surface area contributed by atoms with E-state index >= 15 is 0 Å². The molecule has 20 heavy (non-hydrogen) atoms. The highest BCUT2D eigenvalue weighted by molar-refractivity contribution is 9.10. The Hall–Kier alpha value is -0.920. The molecule has 1 aromatic carbocycles. The molecule has 1 aliphatic rings. The van der Waals surface area contributed by atoms with Crippen molar-refractivity contribution < 1.29 is 17.9 Å². The molecular weight excluding hydrogens is 346 g/mol. The van der Waals surface area contributed by atoms with Gasteiger partial charge in [0.1, 0.15) is 0 Å². The summed E-state index contributed by atoms with van der Waals surface area (Å²) in [6.07, 6.45) is 0.495. The summed E-state index contributed by atoms with van der Waals surface area (Å²) in [7, 11) is -2.27. The van der Waals surface area contributed by atoms with E-state index < -0.39 is 10.0 Å². The molecule has 0 bridgehead atoms. The molecule has 1 heterocycles. The van der Waals surface area contributed by atoms with E-state index in [0.29, 0.717) is 17.4 Å². The molecule has 110 valence electrons. The highest BCUT2D eigenvalue weighted by Crippen LogP contribution is 2.30. The van der Waals surface area contributed by atoms with Gasteiger partial charge in [0.25, 0.3) is 0 Å². The summed E-state index contributed by atoms with van der Waals surface area (Å²) in [5.74, 6) is -0.732. The third kappa shape index (κ3) is 2.89. The molecule has 1 fully saturated rings. The number of esters is 1. The monoisotopic (exact) mass is 361 g/mol. The van der Waals surface area contributed by atoms with Crippen LogP contribution in [0.1, 0.15) is 12.0 Å². The molecule has 1 atom stereocenters. The molecule has 1 aliphatic heterocycles. The molecule has 0 saturated carbocycles. The smallest absolute Gasteiger partial charge is 0.310 e. The predicted molar refractivity (Wildman–Crippen MR) is 77.8 cm³/mol. The maximum atomic E-state index is 12.6. The quantitative estimate of drug-likeness (QED) is 0.771. The van der Waals surface area contributed by atoms with Gasteiger partial charge in [-0.25, -0.2) is 8.42 Å². The van der Waals surface area contributed by atoms with Crippen LogP contribution in [0.4, 0.5) is 0 Å². The molecule has 0 radical (unpaired) electrons. The number of halogens is 1. The van der Waals surface area contributed by atoms with E-state index in [1.807, 2.05) is 6.92 Å². The molecule has 0 N–H and O–H groups in total. The number of carbonyl (C=O) groups excluding carboxylic acids is 1. The van der Waals surface area contributed by atoms with Gasteiger partial charge in [0.2, 0.25) is 10.0 Å². The Morgan fingerprint density at radius 2 is 2.15 bits per heavy atom. The van der Waals surface area contributed by atoms with Gasteiger partial charge >= 0.3 is 5.97 Å². The third-order valence-electron chi connectivity index (χ3n) is 3.39. The minimum Gasteiger partial charge on any atom is -0.469 e. The number of rotatable bonds is 3.